The number of nitrogens with zero attached hydrogens (tertiary/aromatic N) is 1. The van der Waals surface area contributed by atoms with Crippen LogP contribution in [0.25, 0.3) is 0 Å². The summed E-state index contributed by atoms with van der Waals surface area (Å²) in [7, 11) is 2.28. The monoisotopic (exact) mass is 288 g/mol. The molecule has 0 spiro atoms. The molecule has 2 N–H and O–H groups in total. The normalized spacial score (nSPS) is 22.2. The molecule has 0 aliphatic heterocycles. The Bertz CT molecular complexity index is 430. The molecule has 2 rings (SSSR count). The van der Waals surface area contributed by atoms with Crippen LogP contribution in [0, 0.1) is 5.41 Å². The van der Waals surface area contributed by atoms with E-state index >= 15 is 0 Å². The van der Waals surface area contributed by atoms with E-state index < -0.39 is 0 Å². The van der Waals surface area contributed by atoms with Crippen molar-refractivity contribution in [3.05, 3.63) is 35.9 Å². The van der Waals surface area contributed by atoms with Crippen molar-refractivity contribution in [2.75, 3.05) is 20.1 Å². The molecule has 118 valence electrons. The van der Waals surface area contributed by atoms with Crippen LogP contribution in [0.15, 0.2) is 30.3 Å². The van der Waals surface area contributed by atoms with Gasteiger partial charge < -0.3 is 10.6 Å². The van der Waals surface area contributed by atoms with Gasteiger partial charge in [0.1, 0.15) is 0 Å². The fraction of sp³-hybridized carbons (Fsp3) is 0.684. The van der Waals surface area contributed by atoms with E-state index in [9.17, 15) is 0 Å². The molecule has 1 aliphatic rings. The van der Waals surface area contributed by atoms with Crippen molar-refractivity contribution in [3.8, 4) is 0 Å². The summed E-state index contributed by atoms with van der Waals surface area (Å²) in [6, 6.07) is 11.5. The van der Waals surface area contributed by atoms with Crippen LogP contribution in [0.4, 0.5) is 0 Å². The van der Waals surface area contributed by atoms with Crippen molar-refractivity contribution >= 4 is 0 Å². The Morgan fingerprint density at radius 2 is 1.76 bits per heavy atom. The summed E-state index contributed by atoms with van der Waals surface area (Å²) in [6.07, 6.45) is 5.32. The first-order valence-electron chi connectivity index (χ1n) is 8.32. The van der Waals surface area contributed by atoms with E-state index in [0.29, 0.717) is 18.0 Å². The van der Waals surface area contributed by atoms with Gasteiger partial charge in [0.25, 0.3) is 0 Å². The van der Waals surface area contributed by atoms with Gasteiger partial charge in [-0.3, -0.25) is 0 Å². The molecule has 1 aromatic carbocycles. The number of rotatable bonds is 5. The summed E-state index contributed by atoms with van der Waals surface area (Å²) in [6.45, 7) is 8.83. The summed E-state index contributed by atoms with van der Waals surface area (Å²) < 4.78 is 0. The highest BCUT2D eigenvalue weighted by Gasteiger charge is 2.33. The van der Waals surface area contributed by atoms with Gasteiger partial charge in [-0.1, -0.05) is 51.1 Å². The molecule has 1 unspecified atom stereocenters. The third kappa shape index (κ3) is 4.08. The second-order valence-corrected chi connectivity index (χ2v) is 7.94. The van der Waals surface area contributed by atoms with Gasteiger partial charge >= 0.3 is 0 Å². The summed E-state index contributed by atoms with van der Waals surface area (Å²) >= 11 is 0. The summed E-state index contributed by atoms with van der Waals surface area (Å²) in [4.78, 5) is 2.55. The van der Waals surface area contributed by atoms with Crippen LogP contribution in [0.2, 0.25) is 0 Å². The number of benzene rings is 1. The topological polar surface area (TPSA) is 29.3 Å². The predicted molar refractivity (Wildman–Crippen MR) is 91.5 cm³/mol. The van der Waals surface area contributed by atoms with E-state index in [-0.39, 0.29) is 5.41 Å². The van der Waals surface area contributed by atoms with Crippen LogP contribution in [0.3, 0.4) is 0 Å². The molecule has 0 bridgehead atoms. The Balaban J connectivity index is 2.02. The first kappa shape index (κ1) is 16.5. The quantitative estimate of drug-likeness (QED) is 0.893. The van der Waals surface area contributed by atoms with E-state index in [2.05, 4.69) is 63.1 Å². The molecule has 0 aromatic heterocycles. The van der Waals surface area contributed by atoms with Gasteiger partial charge in [0.15, 0.2) is 0 Å². The summed E-state index contributed by atoms with van der Waals surface area (Å²) in [5.74, 6) is 0. The Hall–Kier alpha value is -0.860. The van der Waals surface area contributed by atoms with Gasteiger partial charge in [-0.2, -0.15) is 0 Å². The second kappa shape index (κ2) is 6.50. The zero-order valence-corrected chi connectivity index (χ0v) is 14.2. The molecule has 1 saturated carbocycles. The first-order valence-corrected chi connectivity index (χ1v) is 8.32. The van der Waals surface area contributed by atoms with Crippen molar-refractivity contribution in [1.82, 2.24) is 4.90 Å². The molecule has 0 heterocycles. The van der Waals surface area contributed by atoms with E-state index in [4.69, 9.17) is 5.73 Å². The third-order valence-electron chi connectivity index (χ3n) is 5.45. The van der Waals surface area contributed by atoms with E-state index in [0.717, 1.165) is 6.54 Å². The maximum Gasteiger partial charge on any atom is 0.0174 e. The number of hydrogen-bond donors (Lipinski definition) is 1. The maximum atomic E-state index is 6.13. The Morgan fingerprint density at radius 1 is 1.19 bits per heavy atom. The van der Waals surface area contributed by atoms with Gasteiger partial charge in [0.2, 0.25) is 0 Å². The van der Waals surface area contributed by atoms with Crippen LogP contribution in [0.1, 0.15) is 52.0 Å². The highest BCUT2D eigenvalue weighted by Crippen LogP contribution is 2.37. The second-order valence-electron chi connectivity index (χ2n) is 7.94. The molecule has 1 atom stereocenters. The molecule has 0 radical (unpaired) electrons. The minimum atomic E-state index is 0.0446. The molecular weight excluding hydrogens is 256 g/mol. The molecule has 1 aliphatic carbocycles. The molecule has 21 heavy (non-hydrogen) atoms. The highest BCUT2D eigenvalue weighted by atomic mass is 15.1. The highest BCUT2D eigenvalue weighted by molar-refractivity contribution is 5.25. The lowest BCUT2D eigenvalue weighted by molar-refractivity contribution is 0.110. The Labute approximate surface area is 130 Å². The fourth-order valence-electron chi connectivity index (χ4n) is 3.62. The van der Waals surface area contributed by atoms with Crippen LogP contribution >= 0.6 is 0 Å². The smallest absolute Gasteiger partial charge is 0.0174 e. The lowest BCUT2D eigenvalue weighted by atomic mass is 9.74. The number of likely N-dealkylation sites (N-methyl/N-ethyl adjacent to an activating group) is 1. The fourth-order valence-corrected chi connectivity index (χ4v) is 3.62. The van der Waals surface area contributed by atoms with Gasteiger partial charge in [-0.25, -0.2) is 0 Å². The lowest BCUT2D eigenvalue weighted by Crippen LogP contribution is -2.47. The average Bonchev–Trinajstić information content (AvgIpc) is 2.47. The van der Waals surface area contributed by atoms with Crippen molar-refractivity contribution in [1.29, 1.82) is 0 Å². The number of hydrogen-bond acceptors (Lipinski definition) is 2. The zero-order chi connectivity index (χ0) is 15.5. The SMILES string of the molecule is CN(CC(C)(CN)c1ccccc1)C1CCC(C)(C)CC1. The summed E-state index contributed by atoms with van der Waals surface area (Å²) in [5, 5.41) is 0. The molecule has 1 aromatic rings. The van der Waals surface area contributed by atoms with E-state index in [1.165, 1.54) is 31.2 Å². The van der Waals surface area contributed by atoms with Crippen LogP contribution in [0.5, 0.6) is 0 Å². The largest absolute Gasteiger partial charge is 0.330 e. The lowest BCUT2D eigenvalue weighted by Gasteiger charge is -2.42. The Kier molecular flexibility index (Phi) is 5.11. The Morgan fingerprint density at radius 3 is 2.29 bits per heavy atom. The van der Waals surface area contributed by atoms with Crippen molar-refractivity contribution < 1.29 is 0 Å². The number of nitrogens with two attached hydrogens (primary N) is 1. The van der Waals surface area contributed by atoms with Crippen LogP contribution < -0.4 is 5.73 Å². The van der Waals surface area contributed by atoms with Gasteiger partial charge in [0.05, 0.1) is 0 Å². The molecule has 2 heteroatoms. The van der Waals surface area contributed by atoms with Crippen LogP contribution in [-0.2, 0) is 5.41 Å². The van der Waals surface area contributed by atoms with Crippen molar-refractivity contribution in [3.63, 3.8) is 0 Å². The first-order chi connectivity index (χ1) is 9.86. The molecule has 1 fully saturated rings. The minimum Gasteiger partial charge on any atom is -0.330 e. The van der Waals surface area contributed by atoms with Gasteiger partial charge in [0, 0.05) is 24.5 Å². The van der Waals surface area contributed by atoms with Gasteiger partial charge in [-0.05, 0) is 43.7 Å². The predicted octanol–water partition coefficient (Wildman–Crippen LogP) is 3.80. The maximum absolute atomic E-state index is 6.13. The minimum absolute atomic E-state index is 0.0446. The van der Waals surface area contributed by atoms with Crippen LogP contribution in [-0.4, -0.2) is 31.1 Å². The van der Waals surface area contributed by atoms with E-state index in [1.54, 1.807) is 0 Å². The summed E-state index contributed by atoms with van der Waals surface area (Å²) in [5.41, 5.74) is 8.07. The third-order valence-corrected chi connectivity index (χ3v) is 5.45. The molecule has 0 saturated heterocycles. The van der Waals surface area contributed by atoms with Gasteiger partial charge in [-0.15, -0.1) is 0 Å². The molecule has 0 amide bonds. The van der Waals surface area contributed by atoms with E-state index in [1.807, 2.05) is 0 Å². The molecular formula is C19H32N2. The van der Waals surface area contributed by atoms with Crippen molar-refractivity contribution in [2.45, 2.75) is 57.9 Å². The zero-order valence-electron chi connectivity index (χ0n) is 14.2. The average molecular weight is 288 g/mol. The van der Waals surface area contributed by atoms with Crippen molar-refractivity contribution in [2.24, 2.45) is 11.1 Å². The standard InChI is InChI=1S/C19H32N2/c1-18(2)12-10-17(11-13-18)21(4)15-19(3,14-20)16-8-6-5-7-9-16/h5-9,17H,10-15,20H2,1-4H3. The molecule has 2 nitrogen and oxygen atoms in total.